The number of hydrogen-bond acceptors (Lipinski definition) is 2. The van der Waals surface area contributed by atoms with Gasteiger partial charge in [-0.2, -0.15) is 5.10 Å². The molecule has 0 atom stereocenters. The van der Waals surface area contributed by atoms with E-state index < -0.39 is 0 Å². The number of allylic oxidation sites excluding steroid dienone is 1. The summed E-state index contributed by atoms with van der Waals surface area (Å²) in [6.07, 6.45) is 5.45. The Morgan fingerprint density at radius 1 is 1.47 bits per heavy atom. The second kappa shape index (κ2) is 7.28. The molecule has 0 aromatic carbocycles. The molecule has 0 aliphatic heterocycles. The zero-order valence-corrected chi connectivity index (χ0v) is 11.6. The van der Waals surface area contributed by atoms with E-state index in [1.807, 2.05) is 11.7 Å². The Bertz CT molecular complexity index is 364. The predicted molar refractivity (Wildman–Crippen MR) is 73.2 cm³/mol. The van der Waals surface area contributed by atoms with E-state index in [9.17, 15) is 0 Å². The highest BCUT2D eigenvalue weighted by molar-refractivity contribution is 5.17. The van der Waals surface area contributed by atoms with Crippen molar-refractivity contribution < 1.29 is 0 Å². The maximum Gasteiger partial charge on any atom is 0.0624 e. The van der Waals surface area contributed by atoms with Crippen molar-refractivity contribution in [2.75, 3.05) is 13.1 Å². The maximum absolute atomic E-state index is 4.47. The minimum Gasteiger partial charge on any atom is -0.317 e. The second-order valence-electron chi connectivity index (χ2n) is 4.47. The van der Waals surface area contributed by atoms with Crippen LogP contribution in [0.3, 0.4) is 0 Å². The van der Waals surface area contributed by atoms with Gasteiger partial charge in [-0.05, 0) is 38.9 Å². The molecule has 0 amide bonds. The first kappa shape index (κ1) is 14.0. The molecule has 0 saturated carbocycles. The van der Waals surface area contributed by atoms with Gasteiger partial charge in [0.25, 0.3) is 0 Å². The summed E-state index contributed by atoms with van der Waals surface area (Å²) in [5, 5.41) is 7.80. The molecule has 3 nitrogen and oxygen atoms in total. The molecule has 0 aliphatic carbocycles. The third-order valence-corrected chi connectivity index (χ3v) is 2.91. The number of hydrogen-bond donors (Lipinski definition) is 1. The second-order valence-corrected chi connectivity index (χ2v) is 4.47. The number of rotatable bonds is 7. The van der Waals surface area contributed by atoms with E-state index in [1.165, 1.54) is 17.0 Å². The Balaban J connectivity index is 2.48. The highest BCUT2D eigenvalue weighted by atomic mass is 15.3. The molecule has 1 N–H and O–H groups in total. The van der Waals surface area contributed by atoms with E-state index in [0.29, 0.717) is 0 Å². The topological polar surface area (TPSA) is 29.9 Å². The van der Waals surface area contributed by atoms with Gasteiger partial charge >= 0.3 is 0 Å². The van der Waals surface area contributed by atoms with Gasteiger partial charge in [-0.15, -0.1) is 0 Å². The SMILES string of the molecule is CCNCCC=C(C)Cc1cc(CC)nn1C. The average Bonchev–Trinajstić information content (AvgIpc) is 2.66. The lowest BCUT2D eigenvalue weighted by molar-refractivity contribution is 0.704. The summed E-state index contributed by atoms with van der Waals surface area (Å²) in [4.78, 5) is 0. The van der Waals surface area contributed by atoms with Gasteiger partial charge in [-0.25, -0.2) is 0 Å². The lowest BCUT2D eigenvalue weighted by Gasteiger charge is -2.03. The van der Waals surface area contributed by atoms with Crippen LogP contribution in [0.4, 0.5) is 0 Å². The van der Waals surface area contributed by atoms with Crippen LogP contribution in [-0.2, 0) is 19.9 Å². The summed E-state index contributed by atoms with van der Waals surface area (Å²) in [7, 11) is 2.03. The van der Waals surface area contributed by atoms with Gasteiger partial charge in [0.1, 0.15) is 0 Å². The molecule has 17 heavy (non-hydrogen) atoms. The first-order chi connectivity index (χ1) is 8.17. The van der Waals surface area contributed by atoms with Crippen molar-refractivity contribution in [2.24, 2.45) is 7.05 Å². The molecule has 0 radical (unpaired) electrons. The van der Waals surface area contributed by atoms with E-state index >= 15 is 0 Å². The summed E-state index contributed by atoms with van der Waals surface area (Å²) >= 11 is 0. The zero-order chi connectivity index (χ0) is 12.7. The molecule has 1 aromatic heterocycles. The van der Waals surface area contributed by atoms with Crippen LogP contribution >= 0.6 is 0 Å². The van der Waals surface area contributed by atoms with Crippen molar-refractivity contribution in [3.05, 3.63) is 29.1 Å². The number of aromatic nitrogens is 2. The fourth-order valence-electron chi connectivity index (χ4n) is 1.86. The molecule has 0 unspecified atom stereocenters. The van der Waals surface area contributed by atoms with Crippen molar-refractivity contribution in [3.8, 4) is 0 Å². The summed E-state index contributed by atoms with van der Waals surface area (Å²) in [6.45, 7) is 8.60. The number of nitrogens with zero attached hydrogens (tertiary/aromatic N) is 2. The van der Waals surface area contributed by atoms with Crippen LogP contribution in [0.5, 0.6) is 0 Å². The molecule has 0 saturated heterocycles. The van der Waals surface area contributed by atoms with E-state index in [0.717, 1.165) is 32.4 Å². The van der Waals surface area contributed by atoms with Crippen LogP contribution in [0.25, 0.3) is 0 Å². The van der Waals surface area contributed by atoms with Crippen LogP contribution < -0.4 is 5.32 Å². The minimum absolute atomic E-state index is 1.01. The molecule has 96 valence electrons. The van der Waals surface area contributed by atoms with Crippen LogP contribution in [0, 0.1) is 0 Å². The summed E-state index contributed by atoms with van der Waals surface area (Å²) in [6, 6.07) is 2.21. The van der Waals surface area contributed by atoms with Gasteiger partial charge < -0.3 is 5.32 Å². The zero-order valence-electron chi connectivity index (χ0n) is 11.6. The van der Waals surface area contributed by atoms with Gasteiger partial charge in [-0.1, -0.05) is 25.5 Å². The van der Waals surface area contributed by atoms with Crippen LogP contribution in [0.15, 0.2) is 17.7 Å². The fraction of sp³-hybridized carbons (Fsp3) is 0.643. The smallest absolute Gasteiger partial charge is 0.0624 e. The van der Waals surface area contributed by atoms with Gasteiger partial charge in [0.15, 0.2) is 0 Å². The molecule has 1 rings (SSSR count). The number of aryl methyl sites for hydroxylation is 2. The molecule has 0 aliphatic rings. The highest BCUT2D eigenvalue weighted by Crippen LogP contribution is 2.10. The van der Waals surface area contributed by atoms with Gasteiger partial charge in [0, 0.05) is 19.2 Å². The normalized spacial score (nSPS) is 12.1. The van der Waals surface area contributed by atoms with Crippen LogP contribution in [0.2, 0.25) is 0 Å². The predicted octanol–water partition coefficient (Wildman–Crippen LogP) is 2.47. The standard InChI is InChI=1S/C14H25N3/c1-5-13-11-14(17(4)16-13)10-12(3)8-7-9-15-6-2/h8,11,15H,5-7,9-10H2,1-4H3. The quantitative estimate of drug-likeness (QED) is 0.581. The first-order valence-corrected chi connectivity index (χ1v) is 6.55. The molecule has 0 spiro atoms. The third kappa shape index (κ3) is 4.73. The number of nitrogens with one attached hydrogen (secondary N) is 1. The molecule has 1 aromatic rings. The van der Waals surface area contributed by atoms with Crippen molar-refractivity contribution in [1.82, 2.24) is 15.1 Å². The van der Waals surface area contributed by atoms with Gasteiger partial charge in [0.05, 0.1) is 5.69 Å². The van der Waals surface area contributed by atoms with E-state index in [4.69, 9.17) is 0 Å². The monoisotopic (exact) mass is 235 g/mol. The molecular formula is C14H25N3. The third-order valence-electron chi connectivity index (χ3n) is 2.91. The molecule has 0 bridgehead atoms. The minimum atomic E-state index is 1.01. The van der Waals surface area contributed by atoms with Crippen molar-refractivity contribution in [3.63, 3.8) is 0 Å². The lowest BCUT2D eigenvalue weighted by atomic mass is 10.1. The Hall–Kier alpha value is -1.09. The largest absolute Gasteiger partial charge is 0.317 e. The highest BCUT2D eigenvalue weighted by Gasteiger charge is 2.03. The van der Waals surface area contributed by atoms with Crippen molar-refractivity contribution in [1.29, 1.82) is 0 Å². The van der Waals surface area contributed by atoms with Crippen LogP contribution in [-0.4, -0.2) is 22.9 Å². The van der Waals surface area contributed by atoms with Crippen molar-refractivity contribution in [2.45, 2.75) is 40.0 Å². The maximum atomic E-state index is 4.47. The Morgan fingerprint density at radius 2 is 2.24 bits per heavy atom. The first-order valence-electron chi connectivity index (χ1n) is 6.55. The van der Waals surface area contributed by atoms with Gasteiger partial charge in [-0.3, -0.25) is 4.68 Å². The average molecular weight is 235 g/mol. The van der Waals surface area contributed by atoms with Crippen LogP contribution in [0.1, 0.15) is 38.6 Å². The molecule has 3 heteroatoms. The Kier molecular flexibility index (Phi) is 5.98. The Morgan fingerprint density at radius 3 is 2.82 bits per heavy atom. The molecular weight excluding hydrogens is 210 g/mol. The van der Waals surface area contributed by atoms with Gasteiger partial charge in [0.2, 0.25) is 0 Å². The summed E-state index contributed by atoms with van der Waals surface area (Å²) in [5.41, 5.74) is 3.91. The summed E-state index contributed by atoms with van der Waals surface area (Å²) < 4.78 is 2.00. The Labute approximate surface area is 105 Å². The van der Waals surface area contributed by atoms with E-state index in [2.05, 4.69) is 43.3 Å². The fourth-order valence-corrected chi connectivity index (χ4v) is 1.86. The van der Waals surface area contributed by atoms with Crippen molar-refractivity contribution >= 4 is 0 Å². The summed E-state index contributed by atoms with van der Waals surface area (Å²) in [5.74, 6) is 0. The lowest BCUT2D eigenvalue weighted by Crippen LogP contribution is -2.13. The van der Waals surface area contributed by atoms with E-state index in [-0.39, 0.29) is 0 Å². The van der Waals surface area contributed by atoms with E-state index in [1.54, 1.807) is 0 Å². The molecule has 1 heterocycles. The molecule has 0 fully saturated rings.